The van der Waals surface area contributed by atoms with Gasteiger partial charge in [0.25, 0.3) is 0 Å². The van der Waals surface area contributed by atoms with Gasteiger partial charge in [-0.05, 0) is 27.2 Å². The summed E-state index contributed by atoms with van der Waals surface area (Å²) in [5.41, 5.74) is 6.41. The van der Waals surface area contributed by atoms with Gasteiger partial charge in [-0.2, -0.15) is 4.98 Å². The van der Waals surface area contributed by atoms with Crippen molar-refractivity contribution in [2.45, 2.75) is 40.2 Å². The summed E-state index contributed by atoms with van der Waals surface area (Å²) >= 11 is 0. The van der Waals surface area contributed by atoms with Crippen molar-refractivity contribution in [3.05, 3.63) is 5.82 Å². The van der Waals surface area contributed by atoms with Crippen molar-refractivity contribution in [3.8, 4) is 5.88 Å². The van der Waals surface area contributed by atoms with Gasteiger partial charge in [0.15, 0.2) is 5.82 Å². The Bertz CT molecular complexity index is 354. The average Bonchev–Trinajstić information content (AvgIpc) is 2.25. The lowest BCUT2D eigenvalue weighted by atomic mass is 10.2. The monoisotopic (exact) mass is 224 g/mol. The summed E-state index contributed by atoms with van der Waals surface area (Å²) in [6.07, 6.45) is 1.01. The lowest BCUT2D eigenvalue weighted by Crippen LogP contribution is -2.17. The zero-order valence-electron chi connectivity index (χ0n) is 10.4. The summed E-state index contributed by atoms with van der Waals surface area (Å²) < 4.78 is 5.36. The summed E-state index contributed by atoms with van der Waals surface area (Å²) in [5.74, 6) is 1.77. The molecule has 90 valence electrons. The third-order valence-corrected chi connectivity index (χ3v) is 2.30. The van der Waals surface area contributed by atoms with Gasteiger partial charge in [0.2, 0.25) is 5.88 Å². The van der Waals surface area contributed by atoms with Gasteiger partial charge < -0.3 is 15.8 Å². The fraction of sp³-hybridized carbons (Fsp3) is 0.636. The van der Waals surface area contributed by atoms with E-state index < -0.39 is 0 Å². The number of nitrogens with one attached hydrogen (secondary N) is 1. The molecule has 5 heteroatoms. The number of aryl methyl sites for hydroxylation is 1. The molecule has 0 aliphatic heterocycles. The van der Waals surface area contributed by atoms with E-state index in [-0.39, 0.29) is 0 Å². The summed E-state index contributed by atoms with van der Waals surface area (Å²) in [7, 11) is 0. The molecule has 1 aromatic heterocycles. The third kappa shape index (κ3) is 2.98. The molecule has 16 heavy (non-hydrogen) atoms. The maximum atomic E-state index is 5.93. The highest BCUT2D eigenvalue weighted by molar-refractivity contribution is 5.67. The summed E-state index contributed by atoms with van der Waals surface area (Å²) in [6, 6.07) is 0.325. The van der Waals surface area contributed by atoms with Gasteiger partial charge in [0.05, 0.1) is 6.61 Å². The molecule has 0 bridgehead atoms. The van der Waals surface area contributed by atoms with Crippen molar-refractivity contribution in [1.82, 2.24) is 9.97 Å². The van der Waals surface area contributed by atoms with Crippen molar-refractivity contribution < 1.29 is 4.74 Å². The molecule has 1 atom stereocenters. The number of nitrogens with zero attached hydrogens (tertiary/aromatic N) is 2. The molecule has 0 aromatic carbocycles. The van der Waals surface area contributed by atoms with Crippen LogP contribution in [0.1, 0.15) is 33.0 Å². The molecular weight excluding hydrogens is 204 g/mol. The van der Waals surface area contributed by atoms with Crippen LogP contribution in [-0.4, -0.2) is 22.6 Å². The van der Waals surface area contributed by atoms with Crippen molar-refractivity contribution >= 4 is 11.5 Å². The van der Waals surface area contributed by atoms with Crippen molar-refractivity contribution in [2.24, 2.45) is 0 Å². The first-order chi connectivity index (χ1) is 7.58. The minimum Gasteiger partial charge on any atom is -0.476 e. The van der Waals surface area contributed by atoms with Gasteiger partial charge in [-0.25, -0.2) is 4.98 Å². The maximum absolute atomic E-state index is 5.93. The summed E-state index contributed by atoms with van der Waals surface area (Å²) in [6.45, 7) is 8.45. The van der Waals surface area contributed by atoms with Crippen LogP contribution in [0.2, 0.25) is 0 Å². The number of anilines is 2. The number of aromatic nitrogens is 2. The lowest BCUT2D eigenvalue weighted by molar-refractivity contribution is 0.327. The largest absolute Gasteiger partial charge is 0.476 e. The molecule has 1 heterocycles. The van der Waals surface area contributed by atoms with E-state index in [9.17, 15) is 0 Å². The maximum Gasteiger partial charge on any atom is 0.242 e. The van der Waals surface area contributed by atoms with Crippen molar-refractivity contribution in [2.75, 3.05) is 17.7 Å². The topological polar surface area (TPSA) is 73.1 Å². The fourth-order valence-electron chi connectivity index (χ4n) is 1.25. The van der Waals surface area contributed by atoms with E-state index in [2.05, 4.69) is 29.1 Å². The molecule has 5 nitrogen and oxygen atoms in total. The second kappa shape index (κ2) is 5.53. The second-order valence-electron chi connectivity index (χ2n) is 3.72. The van der Waals surface area contributed by atoms with Gasteiger partial charge in [-0.1, -0.05) is 6.92 Å². The Balaban J connectivity index is 2.99. The predicted octanol–water partition coefficient (Wildman–Crippen LogP) is 1.98. The van der Waals surface area contributed by atoms with Crippen LogP contribution in [0.5, 0.6) is 5.88 Å². The number of rotatable bonds is 5. The van der Waals surface area contributed by atoms with E-state index in [1.165, 1.54) is 0 Å². The summed E-state index contributed by atoms with van der Waals surface area (Å²) in [5, 5.41) is 3.24. The molecule has 0 saturated heterocycles. The van der Waals surface area contributed by atoms with Crippen LogP contribution in [0.3, 0.4) is 0 Å². The minimum atomic E-state index is 0.325. The molecule has 1 rings (SSSR count). The van der Waals surface area contributed by atoms with Crippen LogP contribution < -0.4 is 15.8 Å². The Labute approximate surface area is 96.4 Å². The molecule has 0 spiro atoms. The van der Waals surface area contributed by atoms with Crippen molar-refractivity contribution in [1.29, 1.82) is 0 Å². The standard InChI is InChI=1S/C11H20N4O/c1-5-7(3)13-10-9(12)11(16-6-2)15-8(4)14-10/h7H,5-6,12H2,1-4H3,(H,13,14,15). The summed E-state index contributed by atoms with van der Waals surface area (Å²) in [4.78, 5) is 8.43. The van der Waals surface area contributed by atoms with Gasteiger partial charge >= 0.3 is 0 Å². The zero-order valence-corrected chi connectivity index (χ0v) is 10.4. The molecule has 0 fully saturated rings. The van der Waals surface area contributed by atoms with Crippen LogP contribution in [0.4, 0.5) is 11.5 Å². The second-order valence-corrected chi connectivity index (χ2v) is 3.72. The van der Waals surface area contributed by atoms with Gasteiger partial charge in [0.1, 0.15) is 11.5 Å². The zero-order chi connectivity index (χ0) is 12.1. The Morgan fingerprint density at radius 2 is 2.06 bits per heavy atom. The molecule has 1 unspecified atom stereocenters. The molecule has 0 aliphatic rings. The first-order valence-corrected chi connectivity index (χ1v) is 5.61. The molecule has 0 aliphatic carbocycles. The SMILES string of the molecule is CCOc1nc(C)nc(NC(C)CC)c1N. The van der Waals surface area contributed by atoms with E-state index in [1.807, 2.05) is 13.8 Å². The Morgan fingerprint density at radius 3 is 2.62 bits per heavy atom. The van der Waals surface area contributed by atoms with E-state index in [1.54, 1.807) is 0 Å². The minimum absolute atomic E-state index is 0.325. The van der Waals surface area contributed by atoms with E-state index in [0.717, 1.165) is 6.42 Å². The first-order valence-electron chi connectivity index (χ1n) is 5.61. The van der Waals surface area contributed by atoms with E-state index >= 15 is 0 Å². The van der Waals surface area contributed by atoms with Crippen LogP contribution in [0.15, 0.2) is 0 Å². The van der Waals surface area contributed by atoms with Gasteiger partial charge in [0, 0.05) is 6.04 Å². The van der Waals surface area contributed by atoms with E-state index in [4.69, 9.17) is 10.5 Å². The number of ether oxygens (including phenoxy) is 1. The fourth-order valence-corrected chi connectivity index (χ4v) is 1.25. The van der Waals surface area contributed by atoms with Crippen LogP contribution in [-0.2, 0) is 0 Å². The Hall–Kier alpha value is -1.52. The first kappa shape index (κ1) is 12.5. The highest BCUT2D eigenvalue weighted by Crippen LogP contribution is 2.26. The Morgan fingerprint density at radius 1 is 1.38 bits per heavy atom. The molecule has 0 radical (unpaired) electrons. The number of nitrogens with two attached hydrogens (primary N) is 1. The highest BCUT2D eigenvalue weighted by Gasteiger charge is 2.12. The quantitative estimate of drug-likeness (QED) is 0.800. The molecule has 3 N–H and O–H groups in total. The van der Waals surface area contributed by atoms with Crippen LogP contribution in [0.25, 0.3) is 0 Å². The highest BCUT2D eigenvalue weighted by atomic mass is 16.5. The molecular formula is C11H20N4O. The normalized spacial score (nSPS) is 12.2. The average molecular weight is 224 g/mol. The number of hydrogen-bond acceptors (Lipinski definition) is 5. The molecule has 0 saturated carbocycles. The molecule has 0 amide bonds. The molecule has 1 aromatic rings. The Kier molecular flexibility index (Phi) is 4.34. The van der Waals surface area contributed by atoms with Gasteiger partial charge in [-0.15, -0.1) is 0 Å². The lowest BCUT2D eigenvalue weighted by Gasteiger charge is -2.16. The van der Waals surface area contributed by atoms with Crippen molar-refractivity contribution in [3.63, 3.8) is 0 Å². The number of hydrogen-bond donors (Lipinski definition) is 2. The van der Waals surface area contributed by atoms with Crippen LogP contribution in [0, 0.1) is 6.92 Å². The van der Waals surface area contributed by atoms with Crippen LogP contribution >= 0.6 is 0 Å². The van der Waals surface area contributed by atoms with Gasteiger partial charge in [-0.3, -0.25) is 0 Å². The van der Waals surface area contributed by atoms with E-state index in [0.29, 0.717) is 35.9 Å². The predicted molar refractivity (Wildman–Crippen MR) is 65.7 cm³/mol. The smallest absolute Gasteiger partial charge is 0.242 e. The number of nitrogen functional groups attached to an aromatic ring is 1. The third-order valence-electron chi connectivity index (χ3n) is 2.30.